The predicted octanol–water partition coefficient (Wildman–Crippen LogP) is 0.648. The quantitative estimate of drug-likeness (QED) is 0.661. The van der Waals surface area contributed by atoms with Crippen molar-refractivity contribution in [3.05, 3.63) is 0 Å². The van der Waals surface area contributed by atoms with E-state index in [4.69, 9.17) is 11.6 Å². The summed E-state index contributed by atoms with van der Waals surface area (Å²) in [5.74, 6) is 0.385. The number of carbonyl (C=O) groups excluding carboxylic acids is 2. The Morgan fingerprint density at radius 2 is 1.93 bits per heavy atom. The molecule has 0 spiro atoms. The van der Waals surface area contributed by atoms with E-state index in [0.29, 0.717) is 18.9 Å². The topological polar surface area (TPSA) is 58.2 Å². The highest BCUT2D eigenvalue weighted by Crippen LogP contribution is 2.24. The van der Waals surface area contributed by atoms with Crippen LogP contribution in [0.25, 0.3) is 0 Å². The molecule has 0 bridgehead atoms. The fourth-order valence-corrected chi connectivity index (χ4v) is 1.50. The molecule has 2 amide bonds. The first-order valence-corrected chi connectivity index (χ1v) is 5.85. The highest BCUT2D eigenvalue weighted by Gasteiger charge is 2.17. The Morgan fingerprint density at radius 3 is 2.47 bits per heavy atom. The zero-order valence-corrected chi connectivity index (χ0v) is 9.48. The Morgan fingerprint density at radius 1 is 1.20 bits per heavy atom. The molecule has 0 aliphatic heterocycles. The van der Waals surface area contributed by atoms with Gasteiger partial charge < -0.3 is 10.6 Å². The molecular formula is C10H17ClN2O2. The zero-order valence-electron chi connectivity index (χ0n) is 8.72. The van der Waals surface area contributed by atoms with E-state index in [1.54, 1.807) is 0 Å². The van der Waals surface area contributed by atoms with Crippen molar-refractivity contribution in [2.45, 2.75) is 25.7 Å². The van der Waals surface area contributed by atoms with Gasteiger partial charge in [0.15, 0.2) is 0 Å². The predicted molar refractivity (Wildman–Crippen MR) is 58.7 cm³/mol. The van der Waals surface area contributed by atoms with Gasteiger partial charge >= 0.3 is 0 Å². The molecule has 2 N–H and O–H groups in total. The lowest BCUT2D eigenvalue weighted by Gasteiger charge is -2.25. The SMILES string of the molecule is O=C(CCl)NCCC(=O)NCC1CCC1. The third kappa shape index (κ3) is 5.02. The van der Waals surface area contributed by atoms with Gasteiger partial charge in [0, 0.05) is 19.5 Å². The Labute approximate surface area is 94.7 Å². The second-order valence-electron chi connectivity index (χ2n) is 3.83. The maximum absolute atomic E-state index is 11.3. The van der Waals surface area contributed by atoms with Crippen LogP contribution in [0.1, 0.15) is 25.7 Å². The van der Waals surface area contributed by atoms with E-state index in [1.807, 2.05) is 0 Å². The highest BCUT2D eigenvalue weighted by molar-refractivity contribution is 6.27. The maximum Gasteiger partial charge on any atom is 0.234 e. The van der Waals surface area contributed by atoms with Crippen molar-refractivity contribution in [3.63, 3.8) is 0 Å². The van der Waals surface area contributed by atoms with Crippen LogP contribution in [0.2, 0.25) is 0 Å². The second kappa shape index (κ2) is 6.67. The minimum absolute atomic E-state index is 0.00299. The van der Waals surface area contributed by atoms with E-state index < -0.39 is 0 Å². The summed E-state index contributed by atoms with van der Waals surface area (Å²) in [4.78, 5) is 22.0. The van der Waals surface area contributed by atoms with Crippen molar-refractivity contribution in [1.82, 2.24) is 10.6 Å². The first-order valence-electron chi connectivity index (χ1n) is 5.31. The molecule has 1 aliphatic rings. The standard InChI is InChI=1S/C10H17ClN2O2/c11-6-10(15)12-5-4-9(14)13-7-8-2-1-3-8/h8H,1-7H2,(H,12,15)(H,13,14). The monoisotopic (exact) mass is 232 g/mol. The molecule has 0 atom stereocenters. The summed E-state index contributed by atoms with van der Waals surface area (Å²) in [6.07, 6.45) is 4.06. The van der Waals surface area contributed by atoms with Gasteiger partial charge in [-0.1, -0.05) is 6.42 Å². The van der Waals surface area contributed by atoms with Gasteiger partial charge in [0.2, 0.25) is 11.8 Å². The molecule has 0 aromatic carbocycles. The van der Waals surface area contributed by atoms with E-state index in [2.05, 4.69) is 10.6 Å². The van der Waals surface area contributed by atoms with E-state index in [1.165, 1.54) is 19.3 Å². The summed E-state index contributed by atoms with van der Waals surface area (Å²) in [7, 11) is 0. The van der Waals surface area contributed by atoms with Crippen molar-refractivity contribution in [2.75, 3.05) is 19.0 Å². The summed E-state index contributed by atoms with van der Waals surface area (Å²) < 4.78 is 0. The maximum atomic E-state index is 11.3. The van der Waals surface area contributed by atoms with Gasteiger partial charge in [0.25, 0.3) is 0 Å². The van der Waals surface area contributed by atoms with Gasteiger partial charge in [-0.05, 0) is 18.8 Å². The molecule has 0 unspecified atom stereocenters. The lowest BCUT2D eigenvalue weighted by atomic mass is 9.85. The second-order valence-corrected chi connectivity index (χ2v) is 4.10. The Bertz CT molecular complexity index is 229. The van der Waals surface area contributed by atoms with Gasteiger partial charge in [-0.25, -0.2) is 0 Å². The number of carbonyl (C=O) groups is 2. The Kier molecular flexibility index (Phi) is 5.47. The van der Waals surface area contributed by atoms with Gasteiger partial charge in [-0.15, -0.1) is 11.6 Å². The van der Waals surface area contributed by atoms with Crippen LogP contribution < -0.4 is 10.6 Å². The average Bonchev–Trinajstić information content (AvgIpc) is 2.15. The molecule has 0 saturated heterocycles. The van der Waals surface area contributed by atoms with Crippen LogP contribution in [-0.2, 0) is 9.59 Å². The van der Waals surface area contributed by atoms with Crippen molar-refractivity contribution in [3.8, 4) is 0 Å². The molecule has 1 aliphatic carbocycles. The van der Waals surface area contributed by atoms with Crippen molar-refractivity contribution in [1.29, 1.82) is 0 Å². The van der Waals surface area contributed by atoms with Gasteiger partial charge in [0.05, 0.1) is 0 Å². The molecule has 1 saturated carbocycles. The lowest BCUT2D eigenvalue weighted by molar-refractivity contribution is -0.121. The molecular weight excluding hydrogens is 216 g/mol. The fraction of sp³-hybridized carbons (Fsp3) is 0.800. The number of alkyl halides is 1. The zero-order chi connectivity index (χ0) is 11.1. The molecule has 0 aromatic rings. The van der Waals surface area contributed by atoms with Crippen molar-refractivity contribution < 1.29 is 9.59 Å². The van der Waals surface area contributed by atoms with Gasteiger partial charge in [0.1, 0.15) is 5.88 Å². The van der Waals surface area contributed by atoms with Gasteiger partial charge in [-0.3, -0.25) is 9.59 Å². The number of rotatable bonds is 6. The molecule has 15 heavy (non-hydrogen) atoms. The van der Waals surface area contributed by atoms with E-state index >= 15 is 0 Å². The summed E-state index contributed by atoms with van der Waals surface area (Å²) in [5, 5.41) is 5.40. The van der Waals surface area contributed by atoms with E-state index in [-0.39, 0.29) is 17.7 Å². The average molecular weight is 233 g/mol. The van der Waals surface area contributed by atoms with E-state index in [0.717, 1.165) is 6.54 Å². The van der Waals surface area contributed by atoms with Crippen LogP contribution in [0, 0.1) is 5.92 Å². The summed E-state index contributed by atoms with van der Waals surface area (Å²) >= 11 is 5.28. The van der Waals surface area contributed by atoms with Crippen LogP contribution in [-0.4, -0.2) is 30.8 Å². The molecule has 0 heterocycles. The Balaban J connectivity index is 1.95. The summed E-state index contributed by atoms with van der Waals surface area (Å²) in [6, 6.07) is 0. The Hall–Kier alpha value is -0.770. The van der Waals surface area contributed by atoms with Gasteiger partial charge in [-0.2, -0.15) is 0 Å². The minimum atomic E-state index is -0.233. The molecule has 4 nitrogen and oxygen atoms in total. The lowest BCUT2D eigenvalue weighted by Crippen LogP contribution is -2.35. The molecule has 0 aromatic heterocycles. The number of halogens is 1. The van der Waals surface area contributed by atoms with Crippen LogP contribution in [0.4, 0.5) is 0 Å². The number of amides is 2. The summed E-state index contributed by atoms with van der Waals surface area (Å²) in [6.45, 7) is 1.14. The van der Waals surface area contributed by atoms with Crippen LogP contribution in [0.5, 0.6) is 0 Å². The van der Waals surface area contributed by atoms with Crippen LogP contribution >= 0.6 is 11.6 Å². The normalized spacial score (nSPS) is 15.5. The molecule has 5 heteroatoms. The van der Waals surface area contributed by atoms with Crippen LogP contribution in [0.15, 0.2) is 0 Å². The first-order chi connectivity index (χ1) is 7.22. The fourth-order valence-electron chi connectivity index (χ4n) is 1.41. The summed E-state index contributed by atoms with van der Waals surface area (Å²) in [5.41, 5.74) is 0. The van der Waals surface area contributed by atoms with Crippen LogP contribution in [0.3, 0.4) is 0 Å². The number of hydrogen-bond donors (Lipinski definition) is 2. The number of nitrogens with one attached hydrogen (secondary N) is 2. The third-order valence-electron chi connectivity index (χ3n) is 2.61. The molecule has 1 fully saturated rings. The molecule has 0 radical (unpaired) electrons. The number of hydrogen-bond acceptors (Lipinski definition) is 2. The molecule has 86 valence electrons. The largest absolute Gasteiger partial charge is 0.356 e. The smallest absolute Gasteiger partial charge is 0.234 e. The van der Waals surface area contributed by atoms with Crippen molar-refractivity contribution >= 4 is 23.4 Å². The third-order valence-corrected chi connectivity index (χ3v) is 2.85. The van der Waals surface area contributed by atoms with E-state index in [9.17, 15) is 9.59 Å². The van der Waals surface area contributed by atoms with Crippen molar-refractivity contribution in [2.24, 2.45) is 5.92 Å². The minimum Gasteiger partial charge on any atom is -0.356 e. The highest BCUT2D eigenvalue weighted by atomic mass is 35.5. The molecule has 1 rings (SSSR count). The first kappa shape index (κ1) is 12.3.